The predicted molar refractivity (Wildman–Crippen MR) is 128 cm³/mol. The van der Waals surface area contributed by atoms with Crippen molar-refractivity contribution in [2.45, 2.75) is 38.0 Å². The molecule has 1 fully saturated rings. The summed E-state index contributed by atoms with van der Waals surface area (Å²) >= 11 is 0. The maximum Gasteiger partial charge on any atom is 0.338 e. The van der Waals surface area contributed by atoms with Crippen LogP contribution in [0.5, 0.6) is 0 Å². The number of rotatable bonds is 7. The molecule has 4 rings (SSSR count). The van der Waals surface area contributed by atoms with Gasteiger partial charge in [0.05, 0.1) is 5.69 Å². The first-order chi connectivity index (χ1) is 15.8. The molecule has 2 aliphatic heterocycles. The number of hydrogen-bond donors (Lipinski definition) is 0. The molecule has 1 aromatic carbocycles. The van der Waals surface area contributed by atoms with Crippen LogP contribution in [0.15, 0.2) is 41.6 Å². The van der Waals surface area contributed by atoms with Gasteiger partial charge in [-0.05, 0) is 43.0 Å². The van der Waals surface area contributed by atoms with Gasteiger partial charge in [0.2, 0.25) is 5.95 Å². The molecular formula is C23H32N6O3S. The second kappa shape index (κ2) is 9.64. The molecule has 2 amide bonds. The highest BCUT2D eigenvalue weighted by Crippen LogP contribution is 2.36. The van der Waals surface area contributed by atoms with Crippen molar-refractivity contribution in [3.05, 3.63) is 42.2 Å². The van der Waals surface area contributed by atoms with Gasteiger partial charge in [0.15, 0.2) is 0 Å². The lowest BCUT2D eigenvalue weighted by molar-refractivity contribution is 0.220. The van der Waals surface area contributed by atoms with Gasteiger partial charge in [0.25, 0.3) is 10.0 Å². The zero-order valence-corrected chi connectivity index (χ0v) is 20.3. The van der Waals surface area contributed by atoms with Gasteiger partial charge in [-0.25, -0.2) is 27.5 Å². The summed E-state index contributed by atoms with van der Waals surface area (Å²) in [4.78, 5) is 27.9. The monoisotopic (exact) mass is 472 g/mol. The summed E-state index contributed by atoms with van der Waals surface area (Å²) in [5.41, 5.74) is 1.42. The Hall–Kier alpha value is -2.72. The number of benzene rings is 1. The Morgan fingerprint density at radius 2 is 1.73 bits per heavy atom. The molecule has 1 saturated heterocycles. The molecule has 33 heavy (non-hydrogen) atoms. The summed E-state index contributed by atoms with van der Waals surface area (Å²) in [6.07, 6.45) is 4.07. The number of carbonyl (C=O) groups excluding carboxylic acids is 1. The van der Waals surface area contributed by atoms with E-state index in [1.165, 1.54) is 0 Å². The number of urea groups is 1. The molecule has 9 nitrogen and oxygen atoms in total. The van der Waals surface area contributed by atoms with Crippen LogP contribution in [0, 0.1) is 0 Å². The normalized spacial score (nSPS) is 18.7. The zero-order valence-electron chi connectivity index (χ0n) is 19.5. The van der Waals surface area contributed by atoms with Gasteiger partial charge in [-0.1, -0.05) is 19.9 Å². The number of amides is 2. The molecule has 2 aliphatic rings. The minimum absolute atomic E-state index is 0.172. The maximum atomic E-state index is 13.4. The Bertz CT molecular complexity index is 1080. The molecule has 0 unspecified atom stereocenters. The molecule has 0 N–H and O–H groups in total. The van der Waals surface area contributed by atoms with Crippen molar-refractivity contribution in [1.82, 2.24) is 19.2 Å². The van der Waals surface area contributed by atoms with E-state index in [-0.39, 0.29) is 17.4 Å². The van der Waals surface area contributed by atoms with Crippen molar-refractivity contribution in [2.75, 3.05) is 55.6 Å². The van der Waals surface area contributed by atoms with Gasteiger partial charge in [-0.15, -0.1) is 0 Å². The molecule has 0 atom stereocenters. The van der Waals surface area contributed by atoms with E-state index in [9.17, 15) is 13.2 Å². The minimum atomic E-state index is -3.88. The summed E-state index contributed by atoms with van der Waals surface area (Å²) in [6.45, 7) is 10.6. The van der Waals surface area contributed by atoms with Gasteiger partial charge >= 0.3 is 6.03 Å². The third-order valence-corrected chi connectivity index (χ3v) is 8.11. The standard InChI is InChI=1S/C23H32N6O3S/c1-4-28-20-8-7-19(18(2)3)17-21(20)33(31,32)29(23(28)30)12-6-11-26-13-15-27(16-14-26)22-24-9-5-10-25-22/h5,7-10,17-18H,4,6,11-16H2,1-3H3. The fourth-order valence-corrected chi connectivity index (χ4v) is 6.00. The Morgan fingerprint density at radius 3 is 2.36 bits per heavy atom. The predicted octanol–water partition coefficient (Wildman–Crippen LogP) is 2.76. The van der Waals surface area contributed by atoms with Crippen molar-refractivity contribution in [1.29, 1.82) is 0 Å². The van der Waals surface area contributed by atoms with Crippen LogP contribution in [0.3, 0.4) is 0 Å². The van der Waals surface area contributed by atoms with Crippen molar-refractivity contribution in [2.24, 2.45) is 0 Å². The van der Waals surface area contributed by atoms with Crippen molar-refractivity contribution >= 4 is 27.7 Å². The van der Waals surface area contributed by atoms with Crippen LogP contribution < -0.4 is 9.80 Å². The summed E-state index contributed by atoms with van der Waals surface area (Å²) in [5, 5.41) is 0. The Balaban J connectivity index is 1.41. The number of piperazine rings is 1. The number of nitrogens with zero attached hydrogens (tertiary/aromatic N) is 6. The number of fused-ring (bicyclic) bond motifs is 1. The van der Waals surface area contributed by atoms with Crippen LogP contribution in [-0.2, 0) is 10.0 Å². The van der Waals surface area contributed by atoms with E-state index in [0.29, 0.717) is 18.7 Å². The lowest BCUT2D eigenvalue weighted by Gasteiger charge is -2.37. The van der Waals surface area contributed by atoms with Gasteiger partial charge in [0.1, 0.15) is 4.90 Å². The van der Waals surface area contributed by atoms with E-state index in [0.717, 1.165) is 48.5 Å². The largest absolute Gasteiger partial charge is 0.338 e. The number of sulfonamides is 1. The summed E-state index contributed by atoms with van der Waals surface area (Å²) in [6, 6.07) is 6.73. The molecule has 10 heteroatoms. The highest BCUT2D eigenvalue weighted by atomic mass is 32.2. The molecule has 0 spiro atoms. The molecular weight excluding hydrogens is 440 g/mol. The van der Waals surface area contributed by atoms with Crippen molar-refractivity contribution < 1.29 is 13.2 Å². The Kier molecular flexibility index (Phi) is 6.85. The van der Waals surface area contributed by atoms with Crippen molar-refractivity contribution in [3.8, 4) is 0 Å². The quantitative estimate of drug-likeness (QED) is 0.612. The van der Waals surface area contributed by atoms with Crippen LogP contribution in [0.25, 0.3) is 0 Å². The van der Waals surface area contributed by atoms with Gasteiger partial charge < -0.3 is 4.90 Å². The second-order valence-corrected chi connectivity index (χ2v) is 10.5. The van der Waals surface area contributed by atoms with E-state index in [1.807, 2.05) is 26.8 Å². The fraction of sp³-hybridized carbons (Fsp3) is 0.522. The molecule has 3 heterocycles. The first-order valence-corrected chi connectivity index (χ1v) is 13.0. The first kappa shape index (κ1) is 23.4. The molecule has 1 aromatic heterocycles. The summed E-state index contributed by atoms with van der Waals surface area (Å²) in [7, 11) is -3.88. The number of hydrogen-bond acceptors (Lipinski definition) is 7. The molecule has 2 aromatic rings. The number of anilines is 2. The maximum absolute atomic E-state index is 13.4. The molecule has 178 valence electrons. The average Bonchev–Trinajstić information content (AvgIpc) is 2.82. The van der Waals surface area contributed by atoms with E-state index < -0.39 is 16.1 Å². The average molecular weight is 473 g/mol. The topological polar surface area (TPSA) is 90.0 Å². The van der Waals surface area contributed by atoms with Gasteiger partial charge in [0, 0.05) is 58.2 Å². The molecule has 0 aliphatic carbocycles. The summed E-state index contributed by atoms with van der Waals surface area (Å²) in [5.74, 6) is 0.938. The number of carbonyl (C=O) groups is 1. The molecule has 0 bridgehead atoms. The SMILES string of the molecule is CCN1C(=O)N(CCCN2CCN(c3ncccn3)CC2)S(=O)(=O)c2cc(C(C)C)ccc21. The van der Waals surface area contributed by atoms with E-state index >= 15 is 0 Å². The smallest absolute Gasteiger partial charge is 0.338 e. The van der Waals surface area contributed by atoms with E-state index in [4.69, 9.17) is 0 Å². The Labute approximate surface area is 196 Å². The van der Waals surface area contributed by atoms with E-state index in [2.05, 4.69) is 19.8 Å². The van der Waals surface area contributed by atoms with Gasteiger partial charge in [-0.3, -0.25) is 9.80 Å². The second-order valence-electron chi connectivity index (χ2n) is 8.72. The highest BCUT2D eigenvalue weighted by molar-refractivity contribution is 7.90. The first-order valence-electron chi connectivity index (χ1n) is 11.6. The third kappa shape index (κ3) is 4.67. The zero-order chi connectivity index (χ0) is 23.6. The fourth-order valence-electron chi connectivity index (χ4n) is 4.36. The van der Waals surface area contributed by atoms with Crippen LogP contribution in [0.2, 0.25) is 0 Å². The lowest BCUT2D eigenvalue weighted by Crippen LogP contribution is -2.52. The van der Waals surface area contributed by atoms with Crippen LogP contribution >= 0.6 is 0 Å². The van der Waals surface area contributed by atoms with E-state index in [1.54, 1.807) is 35.5 Å². The van der Waals surface area contributed by atoms with Crippen LogP contribution in [-0.4, -0.2) is 79.4 Å². The van der Waals surface area contributed by atoms with Crippen LogP contribution in [0.1, 0.15) is 38.7 Å². The summed E-state index contributed by atoms with van der Waals surface area (Å²) < 4.78 is 27.8. The Morgan fingerprint density at radius 1 is 1.03 bits per heavy atom. The lowest BCUT2D eigenvalue weighted by atomic mass is 10.0. The molecule has 0 saturated carbocycles. The minimum Gasteiger partial charge on any atom is -0.338 e. The molecule has 0 radical (unpaired) electrons. The third-order valence-electron chi connectivity index (χ3n) is 6.31. The van der Waals surface area contributed by atoms with Crippen LogP contribution in [0.4, 0.5) is 16.4 Å². The number of aromatic nitrogens is 2. The highest BCUT2D eigenvalue weighted by Gasteiger charge is 2.40. The van der Waals surface area contributed by atoms with Gasteiger partial charge in [-0.2, -0.15) is 0 Å². The van der Waals surface area contributed by atoms with Crippen molar-refractivity contribution in [3.63, 3.8) is 0 Å².